The zero-order valence-corrected chi connectivity index (χ0v) is 12.8. The lowest BCUT2D eigenvalue weighted by molar-refractivity contribution is 0.479. The van der Waals surface area contributed by atoms with E-state index in [2.05, 4.69) is 44.7 Å². The molecule has 1 aliphatic heterocycles. The van der Waals surface area contributed by atoms with Crippen LogP contribution in [-0.2, 0) is 0 Å². The van der Waals surface area contributed by atoms with Crippen LogP contribution in [-0.4, -0.2) is 17.2 Å². The monoisotopic (exact) mass is 269 g/mol. The highest BCUT2D eigenvalue weighted by atomic mass is 16.3. The summed E-state index contributed by atoms with van der Waals surface area (Å²) >= 11 is 0. The molecule has 3 rings (SSSR count). The molecule has 2 heteroatoms. The van der Waals surface area contributed by atoms with Gasteiger partial charge in [0.15, 0.2) is 0 Å². The van der Waals surface area contributed by atoms with Crippen LogP contribution in [0.2, 0.25) is 0 Å². The SMILES string of the molecule is CCC1CN(C(C)(C)C)c2cc(O)c3ccccc3c21. The van der Waals surface area contributed by atoms with E-state index in [1.165, 1.54) is 16.6 Å². The molecule has 0 fully saturated rings. The van der Waals surface area contributed by atoms with Crippen molar-refractivity contribution in [3.05, 3.63) is 35.9 Å². The van der Waals surface area contributed by atoms with Crippen molar-refractivity contribution in [2.75, 3.05) is 11.4 Å². The van der Waals surface area contributed by atoms with Gasteiger partial charge in [0, 0.05) is 35.1 Å². The number of hydrogen-bond acceptors (Lipinski definition) is 2. The fourth-order valence-electron chi connectivity index (χ4n) is 3.40. The lowest BCUT2D eigenvalue weighted by atomic mass is 9.93. The molecule has 1 unspecified atom stereocenters. The molecule has 106 valence electrons. The van der Waals surface area contributed by atoms with Crippen LogP contribution in [0.1, 0.15) is 45.6 Å². The van der Waals surface area contributed by atoms with Crippen molar-refractivity contribution in [1.29, 1.82) is 0 Å². The van der Waals surface area contributed by atoms with Crippen LogP contribution in [0.4, 0.5) is 5.69 Å². The first-order valence-electron chi connectivity index (χ1n) is 7.45. The Morgan fingerprint density at radius 3 is 2.45 bits per heavy atom. The third-order valence-corrected chi connectivity index (χ3v) is 4.45. The maximum absolute atomic E-state index is 10.4. The molecule has 0 radical (unpaired) electrons. The first kappa shape index (κ1) is 13.3. The molecule has 0 saturated carbocycles. The van der Waals surface area contributed by atoms with E-state index in [0.29, 0.717) is 11.7 Å². The van der Waals surface area contributed by atoms with E-state index < -0.39 is 0 Å². The Balaban J connectivity index is 2.32. The molecule has 2 nitrogen and oxygen atoms in total. The van der Waals surface area contributed by atoms with Gasteiger partial charge in [0.25, 0.3) is 0 Å². The molecular weight excluding hydrogens is 246 g/mol. The number of rotatable bonds is 1. The van der Waals surface area contributed by atoms with E-state index in [9.17, 15) is 5.11 Å². The van der Waals surface area contributed by atoms with Crippen molar-refractivity contribution in [2.45, 2.75) is 45.6 Å². The molecule has 1 atom stereocenters. The minimum atomic E-state index is 0.0770. The van der Waals surface area contributed by atoms with E-state index in [4.69, 9.17) is 0 Å². The van der Waals surface area contributed by atoms with Crippen LogP contribution in [0.3, 0.4) is 0 Å². The number of aromatic hydroxyl groups is 1. The average molecular weight is 269 g/mol. The minimum absolute atomic E-state index is 0.0770. The van der Waals surface area contributed by atoms with Gasteiger partial charge < -0.3 is 10.0 Å². The van der Waals surface area contributed by atoms with Gasteiger partial charge in [0.2, 0.25) is 0 Å². The van der Waals surface area contributed by atoms with E-state index >= 15 is 0 Å². The molecule has 0 aliphatic carbocycles. The summed E-state index contributed by atoms with van der Waals surface area (Å²) in [6.45, 7) is 10.0. The Kier molecular flexibility index (Phi) is 2.93. The summed E-state index contributed by atoms with van der Waals surface area (Å²) in [5.74, 6) is 0.945. The smallest absolute Gasteiger partial charge is 0.125 e. The summed E-state index contributed by atoms with van der Waals surface area (Å²) in [5, 5.41) is 12.5. The van der Waals surface area contributed by atoms with Crippen molar-refractivity contribution in [3.63, 3.8) is 0 Å². The predicted molar refractivity (Wildman–Crippen MR) is 85.7 cm³/mol. The molecule has 20 heavy (non-hydrogen) atoms. The van der Waals surface area contributed by atoms with Gasteiger partial charge in [-0.3, -0.25) is 0 Å². The number of phenols is 1. The number of nitrogens with zero attached hydrogens (tertiary/aromatic N) is 1. The van der Waals surface area contributed by atoms with Crippen molar-refractivity contribution >= 4 is 16.5 Å². The average Bonchev–Trinajstić information content (AvgIpc) is 2.77. The molecule has 1 N–H and O–H groups in total. The Morgan fingerprint density at radius 1 is 1.20 bits per heavy atom. The normalized spacial score (nSPS) is 18.6. The van der Waals surface area contributed by atoms with E-state index in [-0.39, 0.29) is 5.54 Å². The number of hydrogen-bond donors (Lipinski definition) is 1. The second kappa shape index (κ2) is 4.41. The van der Waals surface area contributed by atoms with E-state index in [1.54, 1.807) is 0 Å². The number of fused-ring (bicyclic) bond motifs is 3. The summed E-state index contributed by atoms with van der Waals surface area (Å²) in [5.41, 5.74) is 2.70. The molecule has 2 aromatic carbocycles. The first-order valence-corrected chi connectivity index (χ1v) is 7.45. The van der Waals surface area contributed by atoms with Gasteiger partial charge in [-0.05, 0) is 38.1 Å². The maximum Gasteiger partial charge on any atom is 0.125 e. The number of anilines is 1. The van der Waals surface area contributed by atoms with E-state index in [1.807, 2.05) is 18.2 Å². The number of phenolic OH excluding ortho intramolecular Hbond substituents is 1. The van der Waals surface area contributed by atoms with Crippen LogP contribution >= 0.6 is 0 Å². The molecule has 1 aliphatic rings. The van der Waals surface area contributed by atoms with Crippen LogP contribution in [0.15, 0.2) is 30.3 Å². The third kappa shape index (κ3) is 1.86. The van der Waals surface area contributed by atoms with Gasteiger partial charge in [-0.15, -0.1) is 0 Å². The molecule has 0 aromatic heterocycles. The molecule has 0 saturated heterocycles. The fourth-order valence-corrected chi connectivity index (χ4v) is 3.40. The fraction of sp³-hybridized carbons (Fsp3) is 0.444. The molecule has 0 spiro atoms. The first-order chi connectivity index (χ1) is 9.43. The minimum Gasteiger partial charge on any atom is -0.507 e. The van der Waals surface area contributed by atoms with Crippen LogP contribution in [0, 0.1) is 0 Å². The molecule has 0 bridgehead atoms. The van der Waals surface area contributed by atoms with Gasteiger partial charge in [-0.2, -0.15) is 0 Å². The van der Waals surface area contributed by atoms with Gasteiger partial charge in [0.05, 0.1) is 0 Å². The summed E-state index contributed by atoms with van der Waals surface area (Å²) in [6.07, 6.45) is 1.13. The van der Waals surface area contributed by atoms with Crippen molar-refractivity contribution in [2.24, 2.45) is 0 Å². The largest absolute Gasteiger partial charge is 0.507 e. The lowest BCUT2D eigenvalue weighted by Crippen LogP contribution is -2.40. The highest BCUT2D eigenvalue weighted by Gasteiger charge is 2.35. The second-order valence-electron chi connectivity index (χ2n) is 6.76. The van der Waals surface area contributed by atoms with Crippen molar-refractivity contribution < 1.29 is 5.11 Å². The quantitative estimate of drug-likeness (QED) is 0.814. The highest BCUT2D eigenvalue weighted by Crippen LogP contribution is 2.47. The van der Waals surface area contributed by atoms with Crippen molar-refractivity contribution in [3.8, 4) is 5.75 Å². The van der Waals surface area contributed by atoms with E-state index in [0.717, 1.165) is 18.4 Å². The zero-order chi connectivity index (χ0) is 14.5. The molecule has 0 amide bonds. The summed E-state index contributed by atoms with van der Waals surface area (Å²) in [4.78, 5) is 2.43. The van der Waals surface area contributed by atoms with Gasteiger partial charge in [-0.25, -0.2) is 0 Å². The summed E-state index contributed by atoms with van der Waals surface area (Å²) in [6, 6.07) is 10.2. The lowest BCUT2D eigenvalue weighted by Gasteiger charge is -2.35. The molecular formula is C18H23NO. The van der Waals surface area contributed by atoms with Gasteiger partial charge in [-0.1, -0.05) is 31.2 Å². The van der Waals surface area contributed by atoms with Crippen molar-refractivity contribution in [1.82, 2.24) is 0 Å². The molecule has 1 heterocycles. The maximum atomic E-state index is 10.4. The standard InChI is InChI=1S/C18H23NO/c1-5-12-11-19(18(2,3)4)15-10-16(20)13-8-6-7-9-14(13)17(12)15/h6-10,12,20H,5,11H2,1-4H3. The predicted octanol–water partition coefficient (Wildman–Crippen LogP) is 4.66. The third-order valence-electron chi connectivity index (χ3n) is 4.45. The Morgan fingerprint density at radius 2 is 1.85 bits per heavy atom. The summed E-state index contributed by atoms with van der Waals surface area (Å²) < 4.78 is 0. The van der Waals surface area contributed by atoms with Crippen LogP contribution < -0.4 is 4.90 Å². The van der Waals surface area contributed by atoms with Gasteiger partial charge >= 0.3 is 0 Å². The molecule has 2 aromatic rings. The zero-order valence-electron chi connectivity index (χ0n) is 12.8. The Bertz CT molecular complexity index is 654. The topological polar surface area (TPSA) is 23.5 Å². The second-order valence-corrected chi connectivity index (χ2v) is 6.76. The van der Waals surface area contributed by atoms with Crippen LogP contribution in [0.5, 0.6) is 5.75 Å². The van der Waals surface area contributed by atoms with Crippen LogP contribution in [0.25, 0.3) is 10.8 Å². The van der Waals surface area contributed by atoms with Gasteiger partial charge in [0.1, 0.15) is 5.75 Å². The number of benzene rings is 2. The Labute approximate surface area is 121 Å². The Hall–Kier alpha value is -1.70. The summed E-state index contributed by atoms with van der Waals surface area (Å²) in [7, 11) is 0. The highest BCUT2D eigenvalue weighted by molar-refractivity contribution is 5.96.